The van der Waals surface area contributed by atoms with Gasteiger partial charge in [-0.05, 0) is 43.3 Å². The van der Waals surface area contributed by atoms with Crippen molar-refractivity contribution in [2.24, 2.45) is 0 Å². The molecule has 0 spiro atoms. The van der Waals surface area contributed by atoms with E-state index in [4.69, 9.17) is 0 Å². The van der Waals surface area contributed by atoms with E-state index in [1.165, 1.54) is 19.3 Å². The lowest BCUT2D eigenvalue weighted by molar-refractivity contribution is 0.181. The lowest BCUT2D eigenvalue weighted by atomic mass is 10.1. The van der Waals surface area contributed by atoms with Gasteiger partial charge in [0.15, 0.2) is 5.82 Å². The molecule has 1 atom stereocenters. The Hall–Kier alpha value is -1.01. The molecule has 2 rings (SSSR count). The molecule has 18 heavy (non-hydrogen) atoms. The second-order valence-corrected chi connectivity index (χ2v) is 5.03. The minimum atomic E-state index is 0.610. The Bertz CT molecular complexity index is 350. The summed E-state index contributed by atoms with van der Waals surface area (Å²) in [5.74, 6) is 1.00. The first-order valence-electron chi connectivity index (χ1n) is 6.98. The summed E-state index contributed by atoms with van der Waals surface area (Å²) in [5, 5.41) is 15.4. The Balaban J connectivity index is 1.90. The Morgan fingerprint density at radius 1 is 1.44 bits per heavy atom. The summed E-state index contributed by atoms with van der Waals surface area (Å²) >= 11 is 0. The summed E-state index contributed by atoms with van der Waals surface area (Å²) in [6.07, 6.45) is 4.83. The number of hydrogen-bond donors (Lipinski definition) is 1. The van der Waals surface area contributed by atoms with Gasteiger partial charge >= 0.3 is 0 Å². The zero-order valence-electron chi connectivity index (χ0n) is 11.5. The minimum absolute atomic E-state index is 0.610. The van der Waals surface area contributed by atoms with Crippen LogP contribution in [0.5, 0.6) is 0 Å². The molecular formula is C12H24N6. The number of aryl methyl sites for hydroxylation is 1. The fraction of sp³-hybridized carbons (Fsp3) is 0.917. The summed E-state index contributed by atoms with van der Waals surface area (Å²) in [6, 6.07) is 0.610. The van der Waals surface area contributed by atoms with Gasteiger partial charge in [-0.1, -0.05) is 13.3 Å². The first-order valence-corrected chi connectivity index (χ1v) is 6.98. The first kappa shape index (κ1) is 13.4. The maximum absolute atomic E-state index is 4.15. The summed E-state index contributed by atoms with van der Waals surface area (Å²) in [7, 11) is 2.04. The van der Waals surface area contributed by atoms with E-state index >= 15 is 0 Å². The van der Waals surface area contributed by atoms with Crippen molar-refractivity contribution in [2.45, 2.75) is 51.7 Å². The highest BCUT2D eigenvalue weighted by atomic mass is 15.5. The molecular weight excluding hydrogens is 228 g/mol. The van der Waals surface area contributed by atoms with E-state index in [-0.39, 0.29) is 0 Å². The molecule has 1 saturated heterocycles. The van der Waals surface area contributed by atoms with Crippen LogP contribution in [0.3, 0.4) is 0 Å². The fourth-order valence-electron chi connectivity index (χ4n) is 2.45. The van der Waals surface area contributed by atoms with Crippen LogP contribution in [0.1, 0.15) is 38.4 Å². The average molecular weight is 252 g/mol. The Morgan fingerprint density at radius 2 is 2.33 bits per heavy atom. The third kappa shape index (κ3) is 3.49. The van der Waals surface area contributed by atoms with Crippen molar-refractivity contribution in [1.82, 2.24) is 30.4 Å². The summed E-state index contributed by atoms with van der Waals surface area (Å²) in [4.78, 5) is 2.44. The molecule has 0 aromatic carbocycles. The molecule has 1 N–H and O–H groups in total. The van der Waals surface area contributed by atoms with E-state index < -0.39 is 0 Å². The second kappa shape index (κ2) is 6.80. The highest BCUT2D eigenvalue weighted by Gasteiger charge is 2.20. The molecule has 0 amide bonds. The number of unbranched alkanes of at least 4 members (excludes halogenated alkanes) is 1. The number of hydrogen-bond acceptors (Lipinski definition) is 5. The van der Waals surface area contributed by atoms with Crippen molar-refractivity contribution in [1.29, 1.82) is 0 Å². The molecule has 102 valence electrons. The van der Waals surface area contributed by atoms with Crippen LogP contribution in [0.2, 0.25) is 0 Å². The molecule has 0 aliphatic carbocycles. The predicted octanol–water partition coefficient (Wildman–Crippen LogP) is 0.657. The number of nitrogens with one attached hydrogen (secondary N) is 1. The van der Waals surface area contributed by atoms with E-state index in [9.17, 15) is 0 Å². The van der Waals surface area contributed by atoms with Gasteiger partial charge in [0.25, 0.3) is 0 Å². The maximum atomic E-state index is 4.15. The van der Waals surface area contributed by atoms with E-state index in [1.54, 1.807) is 0 Å². The van der Waals surface area contributed by atoms with Gasteiger partial charge in [-0.15, -0.1) is 5.10 Å². The SMILES string of the molecule is CCCCn1nnnc1CN1CCCC(NC)C1. The molecule has 1 aliphatic rings. The van der Waals surface area contributed by atoms with Crippen LogP contribution in [-0.4, -0.2) is 51.3 Å². The van der Waals surface area contributed by atoms with Crippen LogP contribution in [0, 0.1) is 0 Å². The van der Waals surface area contributed by atoms with Gasteiger partial charge in [-0.3, -0.25) is 4.90 Å². The van der Waals surface area contributed by atoms with Gasteiger partial charge in [-0.2, -0.15) is 0 Å². The summed E-state index contributed by atoms with van der Waals surface area (Å²) in [6.45, 7) is 6.24. The van der Waals surface area contributed by atoms with Crippen molar-refractivity contribution < 1.29 is 0 Å². The number of aromatic nitrogens is 4. The Labute approximate surface area is 109 Å². The third-order valence-electron chi connectivity index (χ3n) is 3.61. The number of nitrogens with zero attached hydrogens (tertiary/aromatic N) is 5. The number of tetrazole rings is 1. The van der Waals surface area contributed by atoms with Gasteiger partial charge in [0.1, 0.15) is 0 Å². The smallest absolute Gasteiger partial charge is 0.165 e. The second-order valence-electron chi connectivity index (χ2n) is 5.03. The molecule has 0 saturated carbocycles. The number of rotatable bonds is 6. The first-order chi connectivity index (χ1) is 8.83. The van der Waals surface area contributed by atoms with Gasteiger partial charge < -0.3 is 5.32 Å². The van der Waals surface area contributed by atoms with Crippen LogP contribution in [0.15, 0.2) is 0 Å². The summed E-state index contributed by atoms with van der Waals surface area (Å²) < 4.78 is 1.95. The number of likely N-dealkylation sites (N-methyl/N-ethyl adjacent to an activating group) is 1. The Morgan fingerprint density at radius 3 is 3.11 bits per heavy atom. The topological polar surface area (TPSA) is 58.9 Å². The lowest BCUT2D eigenvalue weighted by Crippen LogP contribution is -2.44. The van der Waals surface area contributed by atoms with Crippen molar-refractivity contribution in [3.05, 3.63) is 5.82 Å². The quantitative estimate of drug-likeness (QED) is 0.806. The molecule has 1 aromatic rings. The molecule has 2 heterocycles. The number of likely N-dealkylation sites (tertiary alicyclic amines) is 1. The van der Waals surface area contributed by atoms with E-state index in [0.29, 0.717) is 6.04 Å². The van der Waals surface area contributed by atoms with Crippen LogP contribution in [0.4, 0.5) is 0 Å². The highest BCUT2D eigenvalue weighted by Crippen LogP contribution is 2.12. The standard InChI is InChI=1S/C12H24N6/c1-3-4-8-18-12(14-15-16-18)10-17-7-5-6-11(9-17)13-2/h11,13H,3-10H2,1-2H3. The third-order valence-corrected chi connectivity index (χ3v) is 3.61. The molecule has 1 fully saturated rings. The van der Waals surface area contributed by atoms with Crippen molar-refractivity contribution >= 4 is 0 Å². The number of piperidine rings is 1. The van der Waals surface area contributed by atoms with Crippen molar-refractivity contribution in [2.75, 3.05) is 20.1 Å². The molecule has 1 aromatic heterocycles. The molecule has 6 heteroatoms. The van der Waals surface area contributed by atoms with Crippen molar-refractivity contribution in [3.63, 3.8) is 0 Å². The van der Waals surface area contributed by atoms with Gasteiger partial charge in [0, 0.05) is 19.1 Å². The van der Waals surface area contributed by atoms with Gasteiger partial charge in [0.2, 0.25) is 0 Å². The van der Waals surface area contributed by atoms with Crippen LogP contribution in [-0.2, 0) is 13.1 Å². The summed E-state index contributed by atoms with van der Waals surface area (Å²) in [5.41, 5.74) is 0. The van der Waals surface area contributed by atoms with Crippen LogP contribution in [0.25, 0.3) is 0 Å². The zero-order valence-corrected chi connectivity index (χ0v) is 11.5. The van der Waals surface area contributed by atoms with Gasteiger partial charge in [0.05, 0.1) is 6.54 Å². The monoisotopic (exact) mass is 252 g/mol. The molecule has 6 nitrogen and oxygen atoms in total. The zero-order chi connectivity index (χ0) is 12.8. The van der Waals surface area contributed by atoms with E-state index in [0.717, 1.165) is 38.4 Å². The normalized spacial score (nSPS) is 21.3. The molecule has 1 aliphatic heterocycles. The molecule has 1 unspecified atom stereocenters. The van der Waals surface area contributed by atoms with Crippen molar-refractivity contribution in [3.8, 4) is 0 Å². The highest BCUT2D eigenvalue weighted by molar-refractivity contribution is 4.85. The molecule has 0 bridgehead atoms. The predicted molar refractivity (Wildman–Crippen MR) is 70.1 cm³/mol. The Kier molecular flexibility index (Phi) is 5.07. The molecule has 0 radical (unpaired) electrons. The van der Waals surface area contributed by atoms with E-state index in [2.05, 4.69) is 32.7 Å². The average Bonchev–Trinajstić information content (AvgIpc) is 2.84. The van der Waals surface area contributed by atoms with Crippen LogP contribution < -0.4 is 5.32 Å². The van der Waals surface area contributed by atoms with Gasteiger partial charge in [-0.25, -0.2) is 4.68 Å². The van der Waals surface area contributed by atoms with Crippen LogP contribution >= 0.6 is 0 Å². The largest absolute Gasteiger partial charge is 0.316 e. The fourth-order valence-corrected chi connectivity index (χ4v) is 2.45. The van der Waals surface area contributed by atoms with E-state index in [1.807, 2.05) is 11.7 Å². The maximum Gasteiger partial charge on any atom is 0.165 e. The minimum Gasteiger partial charge on any atom is -0.316 e. The lowest BCUT2D eigenvalue weighted by Gasteiger charge is -2.31.